The number of nitrogens with one attached hydrogen (secondary N) is 1. The van der Waals surface area contributed by atoms with Crippen molar-refractivity contribution in [3.8, 4) is 17.2 Å². The smallest absolute Gasteiger partial charge is 0.247 e. The van der Waals surface area contributed by atoms with Gasteiger partial charge in [0, 0.05) is 10.6 Å². The predicted octanol–water partition coefficient (Wildman–Crippen LogP) is 1.48. The van der Waals surface area contributed by atoms with Crippen LogP contribution >= 0.6 is 23.2 Å². The number of ether oxygens (including phenoxy) is 5. The van der Waals surface area contributed by atoms with Gasteiger partial charge in [0.1, 0.15) is 68.0 Å². The van der Waals surface area contributed by atoms with Crippen molar-refractivity contribution >= 4 is 41.0 Å². The molecule has 14 nitrogen and oxygen atoms in total. The maximum atomic E-state index is 12.9. The summed E-state index contributed by atoms with van der Waals surface area (Å²) < 4.78 is 27.7. The van der Waals surface area contributed by atoms with Crippen LogP contribution in [-0.2, 0) is 19.0 Å². The van der Waals surface area contributed by atoms with E-state index >= 15 is 0 Å². The molecule has 0 radical (unpaired) electrons. The molecule has 3 fully saturated rings. The zero-order chi connectivity index (χ0) is 35.7. The van der Waals surface area contributed by atoms with Gasteiger partial charge >= 0.3 is 0 Å². The fourth-order valence-corrected chi connectivity index (χ4v) is 6.39. The summed E-state index contributed by atoms with van der Waals surface area (Å²) in [6.07, 6.45) is -8.30. The predicted molar refractivity (Wildman–Crippen MR) is 173 cm³/mol. The van der Waals surface area contributed by atoms with E-state index in [1.165, 1.54) is 50.3 Å². The molecule has 0 spiro atoms. The van der Waals surface area contributed by atoms with E-state index in [2.05, 4.69) is 5.32 Å². The van der Waals surface area contributed by atoms with Crippen LogP contribution in [0.4, 0.5) is 0 Å². The van der Waals surface area contributed by atoms with E-state index in [-0.39, 0.29) is 57.6 Å². The number of ketones is 1. The summed E-state index contributed by atoms with van der Waals surface area (Å²) in [6.45, 7) is 4.26. The second-order valence-corrected chi connectivity index (χ2v) is 12.9. The molecule has 1 aliphatic carbocycles. The molecular weight excluding hydrogens is 689 g/mol. The second kappa shape index (κ2) is 15.3. The molecule has 49 heavy (non-hydrogen) atoms. The normalized spacial score (nSPS) is 31.7. The van der Waals surface area contributed by atoms with Crippen LogP contribution in [0.3, 0.4) is 0 Å². The molecule has 3 aliphatic rings. The molecule has 0 bridgehead atoms. The van der Waals surface area contributed by atoms with Crippen molar-refractivity contribution in [1.29, 1.82) is 0 Å². The number of halogens is 2. The lowest BCUT2D eigenvalue weighted by atomic mass is 9.83. The average Bonchev–Trinajstić information content (AvgIpc) is 3.65. The molecule has 2 heterocycles. The van der Waals surface area contributed by atoms with E-state index in [0.717, 1.165) is 0 Å². The number of hydrogen-bond donors (Lipinski definition) is 7. The Morgan fingerprint density at radius 3 is 2.31 bits per heavy atom. The van der Waals surface area contributed by atoms with E-state index in [9.17, 15) is 40.2 Å². The number of hydrogen-bond acceptors (Lipinski definition) is 13. The third-order valence-corrected chi connectivity index (χ3v) is 9.06. The topological polar surface area (TPSA) is 214 Å². The van der Waals surface area contributed by atoms with Crippen molar-refractivity contribution in [2.45, 2.75) is 81.9 Å². The molecule has 0 unspecified atom stereocenters. The largest absolute Gasteiger partial charge is 0.504 e. The Bertz CT molecular complexity index is 1630. The number of amides is 1. The van der Waals surface area contributed by atoms with Crippen LogP contribution in [0.15, 0.2) is 47.6 Å². The highest BCUT2D eigenvalue weighted by Gasteiger charge is 2.53. The third kappa shape index (κ3) is 7.89. The molecule has 5 rings (SSSR count). The van der Waals surface area contributed by atoms with E-state index in [4.69, 9.17) is 46.9 Å². The lowest BCUT2D eigenvalue weighted by Gasteiger charge is -2.41. The summed E-state index contributed by atoms with van der Waals surface area (Å²) in [5.41, 5.74) is 1.22. The van der Waals surface area contributed by atoms with Crippen LogP contribution in [0.1, 0.15) is 36.7 Å². The lowest BCUT2D eigenvalue weighted by molar-refractivity contribution is -0.155. The van der Waals surface area contributed by atoms with Gasteiger partial charge in [0.2, 0.25) is 12.2 Å². The second-order valence-electron chi connectivity index (χ2n) is 12.0. The van der Waals surface area contributed by atoms with Crippen LogP contribution in [0.5, 0.6) is 17.2 Å². The summed E-state index contributed by atoms with van der Waals surface area (Å²) in [6, 6.07) is 5.84. The summed E-state index contributed by atoms with van der Waals surface area (Å²) in [5, 5.41) is 66.3. The van der Waals surface area contributed by atoms with Crippen LogP contribution in [0.25, 0.3) is 6.08 Å². The van der Waals surface area contributed by atoms with Gasteiger partial charge in [0.25, 0.3) is 0 Å². The van der Waals surface area contributed by atoms with Gasteiger partial charge in [-0.2, -0.15) is 0 Å². The average molecular weight is 727 g/mol. The van der Waals surface area contributed by atoms with E-state index < -0.39 is 67.1 Å². The molecule has 1 amide bonds. The van der Waals surface area contributed by atoms with E-state index in [1.54, 1.807) is 13.0 Å². The standard InChI is InChI=1S/C33H37Cl2NO13/c1-13(6-7-45-29-18(15(3)37)10-17(34)11-19(29)35)28-26(42)27(43)33(49-28)48-21-5-4-16(9-20(21)38)8-14(2)32(44)36-22-23(39)25(41)31-30(24(22)40)46-12-47-31/h4-6,8-11,22-28,30-31,33,38-43H,7,12H2,1-3H3,(H,36,44)/t22-,23+,24-,25-,26+,27+,28-,30+,31-,33-/m1/s1. The molecule has 2 aromatic carbocycles. The van der Waals surface area contributed by atoms with Crippen molar-refractivity contribution in [1.82, 2.24) is 5.32 Å². The van der Waals surface area contributed by atoms with Crippen molar-refractivity contribution in [3.05, 3.63) is 68.7 Å². The van der Waals surface area contributed by atoms with Gasteiger partial charge in [0.05, 0.1) is 16.6 Å². The van der Waals surface area contributed by atoms with E-state index in [0.29, 0.717) is 11.1 Å². The number of aliphatic hydroxyl groups is 5. The van der Waals surface area contributed by atoms with Crippen LogP contribution < -0.4 is 14.8 Å². The van der Waals surface area contributed by atoms with Gasteiger partial charge in [-0.15, -0.1) is 0 Å². The highest BCUT2D eigenvalue weighted by molar-refractivity contribution is 6.36. The Hall–Kier alpha value is -3.28. The molecule has 266 valence electrons. The summed E-state index contributed by atoms with van der Waals surface area (Å²) in [7, 11) is 0. The Kier molecular flexibility index (Phi) is 11.6. The van der Waals surface area contributed by atoms with Crippen LogP contribution in [0.2, 0.25) is 10.0 Å². The van der Waals surface area contributed by atoms with Gasteiger partial charge in [-0.25, -0.2) is 0 Å². The number of fused-ring (bicyclic) bond motifs is 1. The van der Waals surface area contributed by atoms with Crippen molar-refractivity contribution in [2.24, 2.45) is 0 Å². The Labute approximate surface area is 291 Å². The number of rotatable bonds is 10. The maximum Gasteiger partial charge on any atom is 0.247 e. The number of carbonyl (C=O) groups excluding carboxylic acids is 2. The molecular formula is C33H37Cl2NO13. The first-order valence-corrected chi connectivity index (χ1v) is 16.0. The Balaban J connectivity index is 1.19. The first-order valence-electron chi connectivity index (χ1n) is 15.2. The summed E-state index contributed by atoms with van der Waals surface area (Å²) in [5.74, 6) is -1.23. The number of carbonyl (C=O) groups is 2. The number of benzene rings is 2. The quantitative estimate of drug-likeness (QED) is 0.105. The number of aliphatic hydroxyl groups excluding tert-OH is 5. The number of aromatic hydroxyl groups is 1. The van der Waals surface area contributed by atoms with Crippen molar-refractivity contribution < 1.29 is 63.9 Å². The number of phenols is 1. The molecule has 2 saturated heterocycles. The van der Waals surface area contributed by atoms with Crippen molar-refractivity contribution in [2.75, 3.05) is 13.4 Å². The fourth-order valence-electron chi connectivity index (χ4n) is 5.85. The summed E-state index contributed by atoms with van der Waals surface area (Å²) >= 11 is 12.2. The monoisotopic (exact) mass is 725 g/mol. The highest BCUT2D eigenvalue weighted by Crippen LogP contribution is 2.35. The van der Waals surface area contributed by atoms with Crippen LogP contribution in [-0.4, -0.2) is 117 Å². The molecule has 2 aliphatic heterocycles. The Morgan fingerprint density at radius 1 is 0.939 bits per heavy atom. The minimum atomic E-state index is -1.51. The van der Waals surface area contributed by atoms with Crippen molar-refractivity contribution in [3.63, 3.8) is 0 Å². The molecule has 10 atom stereocenters. The molecule has 16 heteroatoms. The minimum Gasteiger partial charge on any atom is -0.504 e. The maximum absolute atomic E-state index is 12.9. The Morgan fingerprint density at radius 2 is 1.63 bits per heavy atom. The molecule has 0 aromatic heterocycles. The lowest BCUT2D eigenvalue weighted by Crippen LogP contribution is -2.67. The van der Waals surface area contributed by atoms with Crippen LogP contribution in [0, 0.1) is 0 Å². The van der Waals surface area contributed by atoms with Gasteiger partial charge in [-0.3, -0.25) is 9.59 Å². The first kappa shape index (κ1) is 37.0. The van der Waals surface area contributed by atoms with Gasteiger partial charge in [0.15, 0.2) is 17.3 Å². The van der Waals surface area contributed by atoms with Gasteiger partial charge in [-0.1, -0.05) is 29.3 Å². The van der Waals surface area contributed by atoms with Gasteiger partial charge in [-0.05, 0) is 68.3 Å². The highest BCUT2D eigenvalue weighted by atomic mass is 35.5. The fraction of sp³-hybridized carbons (Fsp3) is 0.455. The number of Topliss-reactive ketones (excluding diaryl/α,β-unsaturated/α-hetero) is 1. The SMILES string of the molecule is CC(=O)c1cc(Cl)cc(Cl)c1OCC=C(C)[C@H]1O[C@@H](Oc2ccc(C=C(C)C(=O)N[C@@H]3[C@H](O)[C@@H](O)[C@H]4OCO[C@H]4[C@@H]3O)cc2O)[C@@H](O)[C@@H]1O. The van der Waals surface area contributed by atoms with Gasteiger partial charge < -0.3 is 59.6 Å². The zero-order valence-corrected chi connectivity index (χ0v) is 28.0. The number of phenolic OH excluding ortho intramolecular Hbond substituents is 1. The summed E-state index contributed by atoms with van der Waals surface area (Å²) in [4.78, 5) is 24.9. The minimum absolute atomic E-state index is 0.0526. The third-order valence-electron chi connectivity index (χ3n) is 8.56. The van der Waals surface area contributed by atoms with E-state index in [1.807, 2.05) is 0 Å². The molecule has 7 N–H and O–H groups in total. The zero-order valence-electron chi connectivity index (χ0n) is 26.5. The molecule has 2 aromatic rings. The molecule has 1 saturated carbocycles. The first-order chi connectivity index (χ1) is 23.2.